The van der Waals surface area contributed by atoms with Crippen LogP contribution in [0, 0.1) is 6.92 Å². The van der Waals surface area contributed by atoms with Gasteiger partial charge in [-0.2, -0.15) is 13.2 Å². The summed E-state index contributed by atoms with van der Waals surface area (Å²) >= 11 is 5.62. The average Bonchev–Trinajstić information content (AvgIpc) is 2.27. The number of aromatic nitrogens is 2. The Balaban J connectivity index is 2.55. The minimum absolute atomic E-state index is 0.181. The molecule has 2 rings (SSSR count). The van der Waals surface area contributed by atoms with E-state index in [1.807, 2.05) is 0 Å². The molecule has 94 valence electrons. The standard InChI is InChI=1S/C12H8ClF3N2/c1-7-4-8(2-3-17-7)10-5-9(12(14,15)16)6-11(13)18-10/h2-6H,1H3. The lowest BCUT2D eigenvalue weighted by atomic mass is 10.1. The summed E-state index contributed by atoms with van der Waals surface area (Å²) < 4.78 is 37.9. The molecule has 0 aliphatic heterocycles. The molecular formula is C12H8ClF3N2. The highest BCUT2D eigenvalue weighted by Gasteiger charge is 2.31. The van der Waals surface area contributed by atoms with Crippen molar-refractivity contribution in [2.45, 2.75) is 13.1 Å². The highest BCUT2D eigenvalue weighted by Crippen LogP contribution is 2.33. The highest BCUT2D eigenvalue weighted by atomic mass is 35.5. The fourth-order valence-electron chi connectivity index (χ4n) is 1.51. The van der Waals surface area contributed by atoms with Gasteiger partial charge in [0.15, 0.2) is 0 Å². The molecule has 0 aliphatic rings. The minimum Gasteiger partial charge on any atom is -0.262 e. The van der Waals surface area contributed by atoms with E-state index >= 15 is 0 Å². The maximum Gasteiger partial charge on any atom is 0.416 e. The number of pyridine rings is 2. The van der Waals surface area contributed by atoms with Crippen LogP contribution in [0.5, 0.6) is 0 Å². The first kappa shape index (κ1) is 12.8. The largest absolute Gasteiger partial charge is 0.416 e. The van der Waals surface area contributed by atoms with Gasteiger partial charge in [-0.25, -0.2) is 4.98 Å². The van der Waals surface area contributed by atoms with E-state index in [1.165, 1.54) is 6.20 Å². The normalized spacial score (nSPS) is 11.6. The molecule has 0 atom stereocenters. The smallest absolute Gasteiger partial charge is 0.262 e. The van der Waals surface area contributed by atoms with Crippen LogP contribution in [0.3, 0.4) is 0 Å². The van der Waals surface area contributed by atoms with E-state index in [1.54, 1.807) is 19.1 Å². The monoisotopic (exact) mass is 272 g/mol. The Morgan fingerprint density at radius 3 is 2.50 bits per heavy atom. The van der Waals surface area contributed by atoms with Crippen molar-refractivity contribution in [3.63, 3.8) is 0 Å². The van der Waals surface area contributed by atoms with Crippen LogP contribution in [-0.4, -0.2) is 9.97 Å². The first-order valence-corrected chi connectivity index (χ1v) is 5.42. The van der Waals surface area contributed by atoms with E-state index in [0.29, 0.717) is 11.3 Å². The Kier molecular flexibility index (Phi) is 3.26. The number of hydrogen-bond acceptors (Lipinski definition) is 2. The van der Waals surface area contributed by atoms with Crippen LogP contribution in [0.1, 0.15) is 11.3 Å². The summed E-state index contributed by atoms with van der Waals surface area (Å²) in [5.41, 5.74) is 0.616. The summed E-state index contributed by atoms with van der Waals surface area (Å²) in [6.45, 7) is 1.75. The van der Waals surface area contributed by atoms with E-state index in [2.05, 4.69) is 9.97 Å². The molecule has 0 aliphatic carbocycles. The summed E-state index contributed by atoms with van der Waals surface area (Å²) in [6.07, 6.45) is -2.93. The SMILES string of the molecule is Cc1cc(-c2cc(C(F)(F)F)cc(Cl)n2)ccn1. The van der Waals surface area contributed by atoms with E-state index in [4.69, 9.17) is 11.6 Å². The number of nitrogens with zero attached hydrogens (tertiary/aromatic N) is 2. The third kappa shape index (κ3) is 2.79. The molecule has 0 aromatic carbocycles. The van der Waals surface area contributed by atoms with Crippen molar-refractivity contribution in [1.29, 1.82) is 0 Å². The van der Waals surface area contributed by atoms with Gasteiger partial charge in [0.1, 0.15) is 5.15 Å². The van der Waals surface area contributed by atoms with Gasteiger partial charge in [-0.3, -0.25) is 4.98 Å². The molecule has 0 radical (unpaired) electrons. The lowest BCUT2D eigenvalue weighted by molar-refractivity contribution is -0.137. The second-order valence-corrected chi connectivity index (χ2v) is 4.13. The Morgan fingerprint density at radius 1 is 1.17 bits per heavy atom. The Labute approximate surface area is 106 Å². The lowest BCUT2D eigenvalue weighted by Crippen LogP contribution is -2.05. The Bertz CT molecular complexity index is 582. The summed E-state index contributed by atoms with van der Waals surface area (Å²) in [4.78, 5) is 7.87. The zero-order chi connectivity index (χ0) is 13.3. The third-order valence-electron chi connectivity index (χ3n) is 2.31. The summed E-state index contributed by atoms with van der Waals surface area (Å²) in [5, 5.41) is -0.186. The second-order valence-electron chi connectivity index (χ2n) is 3.75. The average molecular weight is 273 g/mol. The number of halogens is 4. The molecular weight excluding hydrogens is 265 g/mol. The summed E-state index contributed by atoms with van der Waals surface area (Å²) in [7, 11) is 0. The molecule has 2 aromatic heterocycles. The van der Waals surface area contributed by atoms with Crippen molar-refractivity contribution < 1.29 is 13.2 Å². The molecule has 6 heteroatoms. The van der Waals surface area contributed by atoms with Crippen LogP contribution in [0.2, 0.25) is 5.15 Å². The fourth-order valence-corrected chi connectivity index (χ4v) is 1.72. The molecule has 0 fully saturated rings. The van der Waals surface area contributed by atoms with Gasteiger partial charge < -0.3 is 0 Å². The third-order valence-corrected chi connectivity index (χ3v) is 2.51. The molecule has 0 amide bonds. The molecule has 0 spiro atoms. The predicted octanol–water partition coefficient (Wildman–Crippen LogP) is 4.12. The number of alkyl halides is 3. The molecule has 18 heavy (non-hydrogen) atoms. The molecule has 0 N–H and O–H groups in total. The molecule has 0 unspecified atom stereocenters. The van der Waals surface area contributed by atoms with Crippen molar-refractivity contribution >= 4 is 11.6 Å². The van der Waals surface area contributed by atoms with Crippen molar-refractivity contribution in [2.24, 2.45) is 0 Å². The van der Waals surface area contributed by atoms with E-state index < -0.39 is 11.7 Å². The van der Waals surface area contributed by atoms with Gasteiger partial charge >= 0.3 is 6.18 Å². The molecule has 0 bridgehead atoms. The van der Waals surface area contributed by atoms with Gasteiger partial charge in [0.25, 0.3) is 0 Å². The van der Waals surface area contributed by atoms with Crippen LogP contribution in [-0.2, 0) is 6.18 Å². The van der Waals surface area contributed by atoms with E-state index in [-0.39, 0.29) is 10.8 Å². The van der Waals surface area contributed by atoms with Gasteiger partial charge in [0.05, 0.1) is 11.3 Å². The number of rotatable bonds is 1. The van der Waals surface area contributed by atoms with Crippen LogP contribution >= 0.6 is 11.6 Å². The van der Waals surface area contributed by atoms with Gasteiger partial charge in [-0.1, -0.05) is 11.6 Å². The van der Waals surface area contributed by atoms with Crippen LogP contribution in [0.15, 0.2) is 30.5 Å². The van der Waals surface area contributed by atoms with E-state index in [9.17, 15) is 13.2 Å². The van der Waals surface area contributed by atoms with Crippen LogP contribution in [0.25, 0.3) is 11.3 Å². The van der Waals surface area contributed by atoms with Crippen molar-refractivity contribution in [3.8, 4) is 11.3 Å². The molecule has 2 aromatic rings. The van der Waals surface area contributed by atoms with Crippen molar-refractivity contribution in [2.75, 3.05) is 0 Å². The topological polar surface area (TPSA) is 25.8 Å². The molecule has 0 saturated carbocycles. The summed E-state index contributed by atoms with van der Waals surface area (Å²) in [6, 6.07) is 5.02. The maximum atomic E-state index is 12.6. The number of aryl methyl sites for hydroxylation is 1. The Morgan fingerprint density at radius 2 is 1.89 bits per heavy atom. The number of hydrogen-bond donors (Lipinski definition) is 0. The fraction of sp³-hybridized carbons (Fsp3) is 0.167. The Hall–Kier alpha value is -1.62. The second kappa shape index (κ2) is 4.57. The lowest BCUT2D eigenvalue weighted by Gasteiger charge is -2.09. The van der Waals surface area contributed by atoms with E-state index in [0.717, 1.165) is 12.1 Å². The quantitative estimate of drug-likeness (QED) is 0.730. The first-order chi connectivity index (χ1) is 8.36. The first-order valence-electron chi connectivity index (χ1n) is 5.04. The van der Waals surface area contributed by atoms with Gasteiger partial charge in [-0.15, -0.1) is 0 Å². The zero-order valence-electron chi connectivity index (χ0n) is 9.29. The molecule has 0 saturated heterocycles. The molecule has 2 heterocycles. The van der Waals surface area contributed by atoms with Gasteiger partial charge in [0.2, 0.25) is 0 Å². The van der Waals surface area contributed by atoms with Crippen molar-refractivity contribution in [1.82, 2.24) is 9.97 Å². The maximum absolute atomic E-state index is 12.6. The highest BCUT2D eigenvalue weighted by molar-refractivity contribution is 6.29. The minimum atomic E-state index is -4.44. The van der Waals surface area contributed by atoms with Crippen molar-refractivity contribution in [3.05, 3.63) is 46.9 Å². The van der Waals surface area contributed by atoms with Crippen LogP contribution < -0.4 is 0 Å². The summed E-state index contributed by atoms with van der Waals surface area (Å²) in [5.74, 6) is 0. The zero-order valence-corrected chi connectivity index (χ0v) is 10.0. The molecule has 2 nitrogen and oxygen atoms in total. The van der Waals surface area contributed by atoms with Crippen LogP contribution in [0.4, 0.5) is 13.2 Å². The van der Waals surface area contributed by atoms with Gasteiger partial charge in [0, 0.05) is 17.5 Å². The predicted molar refractivity (Wildman–Crippen MR) is 62.2 cm³/mol. The van der Waals surface area contributed by atoms with Gasteiger partial charge in [-0.05, 0) is 31.2 Å².